The van der Waals surface area contributed by atoms with Crippen LogP contribution in [0.25, 0.3) is 0 Å². The van der Waals surface area contributed by atoms with E-state index in [4.69, 9.17) is 47.4 Å². The van der Waals surface area contributed by atoms with Crippen LogP contribution in [0.3, 0.4) is 0 Å². The molecule has 0 bridgehead atoms. The van der Waals surface area contributed by atoms with E-state index in [9.17, 15) is 47.9 Å². The van der Waals surface area contributed by atoms with Crippen molar-refractivity contribution in [1.29, 1.82) is 0 Å². The second-order valence-corrected chi connectivity index (χ2v) is 34.5. The van der Waals surface area contributed by atoms with Crippen molar-refractivity contribution in [2.45, 2.75) is 557 Å². The quantitative estimate of drug-likeness (QED) is 0.0311. The monoisotopic (exact) mass is 1800 g/mol. The van der Waals surface area contributed by atoms with Crippen molar-refractivity contribution in [1.82, 2.24) is 0 Å². The molecule has 0 aromatic carbocycles. The van der Waals surface area contributed by atoms with Gasteiger partial charge < -0.3 is 47.4 Å². The molecule has 20 heteroatoms. The summed E-state index contributed by atoms with van der Waals surface area (Å²) in [6.45, 7) is 26.5. The van der Waals surface area contributed by atoms with Crippen LogP contribution in [0.4, 0.5) is 0 Å². The lowest BCUT2D eigenvalue weighted by Gasteiger charge is -2.06. The van der Waals surface area contributed by atoms with Crippen molar-refractivity contribution >= 4 is 59.7 Å². The number of unbranched alkanes of at least 4 members (excludes halogenated alkanes) is 51. The van der Waals surface area contributed by atoms with E-state index in [2.05, 4.69) is 62.3 Å². The lowest BCUT2D eigenvalue weighted by molar-refractivity contribution is -0.146. The first-order valence-electron chi connectivity index (χ1n) is 53.1. The minimum Gasteiger partial charge on any atom is -0.466 e. The molecule has 0 fully saturated rings. The van der Waals surface area contributed by atoms with Gasteiger partial charge in [-0.2, -0.15) is 0 Å². The normalized spacial score (nSPS) is 10.7. The number of rotatable bonds is 91. The molecule has 0 heterocycles. The highest BCUT2D eigenvalue weighted by atomic mass is 16.6. The third kappa shape index (κ3) is 123. The van der Waals surface area contributed by atoms with Crippen molar-refractivity contribution in [3.63, 3.8) is 0 Å². The minimum atomic E-state index is -0.144. The standard InChI is InChI=1S/2C24H46O4.2C22H42O4.C14H26O4/c1-3-5-7-9-11-12-14-18-22-28-24(26)20-16-15-19-23(25)27-21-17-13-10-8-6-4-2;1-3-5-7-9-11-12-14-16-20-24(26)28-22-18-17-21-27-23(25)19-15-13-10-8-6-4-2;1-3-5-7-9-10-12-16-20-26-22(24)18-14-13-17-21(23)25-19-15-11-8-6-4-2;1-3-5-7-9-10-12-14-18-22(24)26-20-16-15-19-25-21(23)17-13-11-8-6-4-2;1-3-5-6-10-14(16)18-12-8-7-11-17-13(15)9-4-2/h2*3-22H2,1-2H3;2*3-20H2,1-2H3;3-12H2,1-2H3. The van der Waals surface area contributed by atoms with E-state index >= 15 is 0 Å². The predicted molar refractivity (Wildman–Crippen MR) is 517 cm³/mol. The summed E-state index contributed by atoms with van der Waals surface area (Å²) in [5.74, 6) is -1.20. The van der Waals surface area contributed by atoms with Gasteiger partial charge in [0.1, 0.15) is 0 Å². The molecule has 0 spiro atoms. The Kier molecular flexibility index (Phi) is 119. The van der Waals surface area contributed by atoms with Crippen LogP contribution in [0, 0.1) is 0 Å². The van der Waals surface area contributed by atoms with Crippen molar-refractivity contribution < 1.29 is 95.3 Å². The summed E-state index contributed by atoms with van der Waals surface area (Å²) in [5.41, 5.74) is 0. The van der Waals surface area contributed by atoms with E-state index in [1.165, 1.54) is 231 Å². The van der Waals surface area contributed by atoms with Gasteiger partial charge in [-0.25, -0.2) is 0 Å². The number of carbonyl (C=O) groups excluding carboxylic acids is 10. The largest absolute Gasteiger partial charge is 0.466 e. The van der Waals surface area contributed by atoms with Crippen molar-refractivity contribution in [3.05, 3.63) is 0 Å². The molecule has 0 aromatic heterocycles. The number of hydrogen-bond acceptors (Lipinski definition) is 20. The molecule has 0 saturated carbocycles. The van der Waals surface area contributed by atoms with Crippen LogP contribution in [0.1, 0.15) is 557 Å². The lowest BCUT2D eigenvalue weighted by Crippen LogP contribution is -2.08. The second kappa shape index (κ2) is 116. The third-order valence-corrected chi connectivity index (χ3v) is 21.6. The number of ether oxygens (including phenoxy) is 10. The molecule has 0 N–H and O–H groups in total. The smallest absolute Gasteiger partial charge is 0.305 e. The van der Waals surface area contributed by atoms with Gasteiger partial charge in [-0.05, 0) is 128 Å². The highest BCUT2D eigenvalue weighted by Crippen LogP contribution is 2.17. The Hall–Kier alpha value is -5.30. The second-order valence-electron chi connectivity index (χ2n) is 34.5. The molecule has 0 rings (SSSR count). The molecule has 0 aliphatic carbocycles. The fraction of sp³-hybridized carbons (Fsp3) is 0.906. The van der Waals surface area contributed by atoms with E-state index < -0.39 is 0 Å². The molecule has 746 valence electrons. The molecule has 126 heavy (non-hydrogen) atoms. The summed E-state index contributed by atoms with van der Waals surface area (Å²) >= 11 is 0. The predicted octanol–water partition coefficient (Wildman–Crippen LogP) is 30.2. The summed E-state index contributed by atoms with van der Waals surface area (Å²) in [4.78, 5) is 115. The van der Waals surface area contributed by atoms with Gasteiger partial charge in [-0.1, -0.05) is 365 Å². The summed E-state index contributed by atoms with van der Waals surface area (Å²) in [5, 5.41) is 0. The van der Waals surface area contributed by atoms with Crippen LogP contribution in [-0.4, -0.2) is 126 Å². The summed E-state index contributed by atoms with van der Waals surface area (Å²) in [6.07, 6.45) is 78.4. The Balaban J connectivity index is -0.000000487. The average Bonchev–Trinajstić information content (AvgIpc) is 1.04. The fourth-order valence-corrected chi connectivity index (χ4v) is 13.4. The topological polar surface area (TPSA) is 263 Å². The van der Waals surface area contributed by atoms with Gasteiger partial charge in [0.05, 0.1) is 66.1 Å². The summed E-state index contributed by atoms with van der Waals surface area (Å²) in [6, 6.07) is 0. The molecule has 20 nitrogen and oxygen atoms in total. The molecular formula is C106H202O20. The maximum Gasteiger partial charge on any atom is 0.305 e. The molecule has 0 saturated heterocycles. The fourth-order valence-electron chi connectivity index (χ4n) is 13.4. The Bertz CT molecular complexity index is 2310. The molecule has 0 amide bonds. The average molecular weight is 1800 g/mol. The molecule has 0 radical (unpaired) electrons. The van der Waals surface area contributed by atoms with Crippen LogP contribution in [0.15, 0.2) is 0 Å². The number of esters is 10. The van der Waals surface area contributed by atoms with Gasteiger partial charge in [-0.15, -0.1) is 0 Å². The van der Waals surface area contributed by atoms with Crippen LogP contribution in [0.5, 0.6) is 0 Å². The molecule has 0 unspecified atom stereocenters. The van der Waals surface area contributed by atoms with Gasteiger partial charge in [0.15, 0.2) is 0 Å². The van der Waals surface area contributed by atoms with Gasteiger partial charge in [-0.3, -0.25) is 47.9 Å². The van der Waals surface area contributed by atoms with Crippen LogP contribution in [-0.2, 0) is 95.3 Å². The van der Waals surface area contributed by atoms with Crippen molar-refractivity contribution in [3.8, 4) is 0 Å². The first-order valence-corrected chi connectivity index (χ1v) is 53.1. The summed E-state index contributed by atoms with van der Waals surface area (Å²) < 4.78 is 51.9. The van der Waals surface area contributed by atoms with E-state index in [0.717, 1.165) is 167 Å². The van der Waals surface area contributed by atoms with E-state index in [-0.39, 0.29) is 59.7 Å². The third-order valence-electron chi connectivity index (χ3n) is 21.6. The maximum absolute atomic E-state index is 11.7. The van der Waals surface area contributed by atoms with Crippen LogP contribution < -0.4 is 0 Å². The molecule has 0 aliphatic heterocycles. The summed E-state index contributed by atoms with van der Waals surface area (Å²) in [7, 11) is 0. The van der Waals surface area contributed by atoms with Crippen molar-refractivity contribution in [2.75, 3.05) is 66.1 Å². The zero-order valence-electron chi connectivity index (χ0n) is 84.0. The molecule has 0 atom stereocenters. The molecular weight excluding hydrogens is 1590 g/mol. The number of hydrogen-bond donors (Lipinski definition) is 0. The van der Waals surface area contributed by atoms with Gasteiger partial charge in [0, 0.05) is 64.2 Å². The Morgan fingerprint density at radius 3 is 0.325 bits per heavy atom. The van der Waals surface area contributed by atoms with Gasteiger partial charge in [0.2, 0.25) is 0 Å². The van der Waals surface area contributed by atoms with Crippen LogP contribution >= 0.6 is 0 Å². The Morgan fingerprint density at radius 1 is 0.103 bits per heavy atom. The SMILES string of the molecule is CCCCCC(=O)OCCCCOC(=O)CCC.CCCCCCCCCC(=O)OCCCCOC(=O)CCCCCCC.CCCCCCCCCCC(=O)OCCCCOC(=O)CCCCCCCC.CCCCCCCCCCOC(=O)CCCCC(=O)OCCCCCCCC.CCCCCCCCCOC(=O)CCCCC(=O)OCCCCCCC. The highest BCUT2D eigenvalue weighted by molar-refractivity contribution is 5.72. The maximum atomic E-state index is 11.7. The van der Waals surface area contributed by atoms with Gasteiger partial charge >= 0.3 is 59.7 Å². The Morgan fingerprint density at radius 2 is 0.190 bits per heavy atom. The first-order chi connectivity index (χ1) is 61.5. The van der Waals surface area contributed by atoms with Gasteiger partial charge in [0.25, 0.3) is 0 Å². The lowest BCUT2D eigenvalue weighted by atomic mass is 10.1. The van der Waals surface area contributed by atoms with E-state index in [1.54, 1.807) is 0 Å². The van der Waals surface area contributed by atoms with Crippen molar-refractivity contribution in [2.24, 2.45) is 0 Å². The highest BCUT2D eigenvalue weighted by Gasteiger charge is 2.12. The zero-order valence-corrected chi connectivity index (χ0v) is 84.0. The molecule has 0 aliphatic rings. The first kappa shape index (κ1) is 129. The minimum absolute atomic E-state index is 0.0916. The van der Waals surface area contributed by atoms with E-state index in [1.807, 2.05) is 6.92 Å². The van der Waals surface area contributed by atoms with Crippen LogP contribution in [0.2, 0.25) is 0 Å². The molecule has 0 aromatic rings. The Labute approximate surface area is 774 Å². The van der Waals surface area contributed by atoms with E-state index in [0.29, 0.717) is 156 Å². The zero-order chi connectivity index (χ0) is 93.7. The number of carbonyl (C=O) groups is 10.